The number of hydrogen-bond donors (Lipinski definition) is 0. The average molecular weight is 337 g/mol. The first-order valence-electron chi connectivity index (χ1n) is 8.75. The quantitative estimate of drug-likeness (QED) is 0.712. The van der Waals surface area contributed by atoms with Gasteiger partial charge in [0.25, 0.3) is 5.89 Å². The van der Waals surface area contributed by atoms with Crippen LogP contribution in [0.2, 0.25) is 0 Å². The molecule has 1 saturated heterocycles. The van der Waals surface area contributed by atoms with Crippen molar-refractivity contribution < 1.29 is 9.26 Å². The minimum atomic E-state index is -0.162. The lowest BCUT2D eigenvalue weighted by Crippen LogP contribution is -2.14. The Hall–Kier alpha value is -2.54. The van der Waals surface area contributed by atoms with Gasteiger partial charge in [0, 0.05) is 49.1 Å². The van der Waals surface area contributed by atoms with Gasteiger partial charge >= 0.3 is 0 Å². The zero-order valence-electron chi connectivity index (χ0n) is 13.8. The minimum absolute atomic E-state index is 0.162. The van der Waals surface area contributed by atoms with Crippen LogP contribution in [-0.2, 0) is 11.3 Å². The second-order valence-corrected chi connectivity index (χ2v) is 6.77. The highest BCUT2D eigenvalue weighted by molar-refractivity contribution is 5.59. The Morgan fingerprint density at radius 2 is 2.16 bits per heavy atom. The summed E-state index contributed by atoms with van der Waals surface area (Å²) >= 11 is 0. The van der Waals surface area contributed by atoms with Gasteiger partial charge in [0.05, 0.1) is 12.0 Å². The van der Waals surface area contributed by atoms with Crippen LogP contribution >= 0.6 is 0 Å². The fourth-order valence-corrected chi connectivity index (χ4v) is 3.51. The Morgan fingerprint density at radius 3 is 3.00 bits per heavy atom. The Balaban J connectivity index is 1.40. The van der Waals surface area contributed by atoms with Gasteiger partial charge in [0.15, 0.2) is 0 Å². The molecule has 7 nitrogen and oxygen atoms in total. The third kappa shape index (κ3) is 2.84. The molecule has 25 heavy (non-hydrogen) atoms. The molecule has 0 aromatic carbocycles. The molecule has 2 aliphatic rings. The van der Waals surface area contributed by atoms with E-state index in [2.05, 4.69) is 24.7 Å². The maximum Gasteiger partial charge on any atom is 0.256 e. The Labute approximate surface area is 145 Å². The number of ether oxygens (including phenoxy) is 1. The number of rotatable bonds is 5. The largest absolute Gasteiger partial charge is 0.368 e. The van der Waals surface area contributed by atoms with Crippen LogP contribution in [0.15, 0.2) is 41.6 Å². The molecule has 2 atom stereocenters. The third-order valence-corrected chi connectivity index (χ3v) is 4.95. The Bertz CT molecular complexity index is 856. The summed E-state index contributed by atoms with van der Waals surface area (Å²) in [5, 5.41) is 4.21. The van der Waals surface area contributed by atoms with Crippen molar-refractivity contribution in [3.8, 4) is 11.4 Å². The molecule has 0 N–H and O–H groups in total. The van der Waals surface area contributed by atoms with E-state index >= 15 is 0 Å². The molecule has 1 aliphatic carbocycles. The van der Waals surface area contributed by atoms with Crippen LogP contribution in [0, 0.1) is 5.92 Å². The molecular weight excluding hydrogens is 318 g/mol. The van der Waals surface area contributed by atoms with Crippen LogP contribution in [0.25, 0.3) is 11.4 Å². The van der Waals surface area contributed by atoms with E-state index in [1.807, 2.05) is 30.9 Å². The maximum absolute atomic E-state index is 5.89. The monoisotopic (exact) mass is 337 g/mol. The van der Waals surface area contributed by atoms with Crippen LogP contribution < -0.4 is 0 Å². The van der Waals surface area contributed by atoms with Gasteiger partial charge in [-0.25, -0.2) is 4.98 Å². The molecule has 3 aromatic rings. The minimum Gasteiger partial charge on any atom is -0.368 e. The highest BCUT2D eigenvalue weighted by Crippen LogP contribution is 2.43. The van der Waals surface area contributed by atoms with E-state index in [9.17, 15) is 0 Å². The zero-order valence-corrected chi connectivity index (χ0v) is 13.8. The zero-order chi connectivity index (χ0) is 16.6. The van der Waals surface area contributed by atoms with Crippen molar-refractivity contribution in [2.75, 3.05) is 6.61 Å². The first kappa shape index (κ1) is 14.8. The van der Waals surface area contributed by atoms with E-state index in [4.69, 9.17) is 9.26 Å². The van der Waals surface area contributed by atoms with E-state index in [1.165, 1.54) is 12.8 Å². The lowest BCUT2D eigenvalue weighted by atomic mass is 10.0. The van der Waals surface area contributed by atoms with E-state index in [-0.39, 0.29) is 6.10 Å². The van der Waals surface area contributed by atoms with Gasteiger partial charge in [-0.15, -0.1) is 0 Å². The summed E-state index contributed by atoms with van der Waals surface area (Å²) in [6, 6.07) is 3.94. The van der Waals surface area contributed by atoms with Crippen molar-refractivity contribution in [2.45, 2.75) is 37.8 Å². The van der Waals surface area contributed by atoms with Crippen LogP contribution in [-0.4, -0.2) is 31.3 Å². The fourth-order valence-electron chi connectivity index (χ4n) is 3.51. The lowest BCUT2D eigenvalue weighted by Gasteiger charge is -2.15. The predicted molar refractivity (Wildman–Crippen MR) is 88.5 cm³/mol. The SMILES string of the molecule is c1cnc(C2CC2)c(-c2noc([C@H]3OCC[C@H]3Cn3ccnc3)n2)c1. The van der Waals surface area contributed by atoms with E-state index in [0.717, 1.165) is 24.2 Å². The standard InChI is InChI=1S/C18H19N5O2/c1-2-14(15(20-6-1)12-3-4-12)17-21-18(25-22-17)16-13(5-9-24-16)10-23-8-7-19-11-23/h1-2,6-8,11-13,16H,3-5,9-10H2/t13-,16-/m0/s1. The first-order chi connectivity index (χ1) is 12.4. The first-order valence-corrected chi connectivity index (χ1v) is 8.75. The number of pyridine rings is 1. The number of aromatic nitrogens is 5. The second-order valence-electron chi connectivity index (χ2n) is 6.77. The normalized spacial score (nSPS) is 23.2. The van der Waals surface area contributed by atoms with E-state index in [1.54, 1.807) is 6.20 Å². The lowest BCUT2D eigenvalue weighted by molar-refractivity contribution is 0.0587. The van der Waals surface area contributed by atoms with Crippen LogP contribution in [0.3, 0.4) is 0 Å². The molecule has 5 rings (SSSR count). The topological polar surface area (TPSA) is 78.9 Å². The number of hydrogen-bond acceptors (Lipinski definition) is 6. The summed E-state index contributed by atoms with van der Waals surface area (Å²) in [5.74, 6) is 2.01. The van der Waals surface area contributed by atoms with Crippen molar-refractivity contribution >= 4 is 0 Å². The molecule has 1 aliphatic heterocycles. The fraction of sp³-hybridized carbons (Fsp3) is 0.444. The third-order valence-electron chi connectivity index (χ3n) is 4.95. The Kier molecular flexibility index (Phi) is 3.59. The highest BCUT2D eigenvalue weighted by atomic mass is 16.5. The summed E-state index contributed by atoms with van der Waals surface area (Å²) < 4.78 is 13.5. The van der Waals surface area contributed by atoms with Crippen molar-refractivity contribution in [1.82, 2.24) is 24.7 Å². The molecule has 0 spiro atoms. The van der Waals surface area contributed by atoms with Gasteiger partial charge in [-0.05, 0) is 31.4 Å². The molecule has 0 radical (unpaired) electrons. The summed E-state index contributed by atoms with van der Waals surface area (Å²) in [6.07, 6.45) is 10.6. The van der Waals surface area contributed by atoms with Gasteiger partial charge < -0.3 is 13.8 Å². The molecule has 0 bridgehead atoms. The van der Waals surface area contributed by atoms with Gasteiger partial charge in [-0.2, -0.15) is 4.98 Å². The van der Waals surface area contributed by atoms with E-state index in [0.29, 0.717) is 30.2 Å². The Morgan fingerprint density at radius 1 is 1.20 bits per heavy atom. The number of imidazole rings is 1. The van der Waals surface area contributed by atoms with Gasteiger partial charge in [-0.1, -0.05) is 5.16 Å². The van der Waals surface area contributed by atoms with Crippen molar-refractivity contribution in [3.05, 3.63) is 48.6 Å². The second kappa shape index (κ2) is 6.07. The van der Waals surface area contributed by atoms with Crippen molar-refractivity contribution in [2.24, 2.45) is 5.92 Å². The molecule has 128 valence electrons. The maximum atomic E-state index is 5.89. The summed E-state index contributed by atoms with van der Waals surface area (Å²) in [4.78, 5) is 13.3. The smallest absolute Gasteiger partial charge is 0.256 e. The van der Waals surface area contributed by atoms with Crippen molar-refractivity contribution in [1.29, 1.82) is 0 Å². The molecule has 4 heterocycles. The predicted octanol–water partition coefficient (Wildman–Crippen LogP) is 2.98. The molecule has 0 unspecified atom stereocenters. The van der Waals surface area contributed by atoms with Gasteiger partial charge in [-0.3, -0.25) is 4.98 Å². The summed E-state index contributed by atoms with van der Waals surface area (Å²) in [6.45, 7) is 1.55. The van der Waals surface area contributed by atoms with Crippen LogP contribution in [0.1, 0.15) is 42.9 Å². The number of nitrogens with zero attached hydrogens (tertiary/aromatic N) is 5. The molecule has 7 heteroatoms. The summed E-state index contributed by atoms with van der Waals surface area (Å²) in [5.41, 5.74) is 2.06. The molecule has 3 aromatic heterocycles. The molecule has 2 fully saturated rings. The van der Waals surface area contributed by atoms with Crippen molar-refractivity contribution in [3.63, 3.8) is 0 Å². The summed E-state index contributed by atoms with van der Waals surface area (Å²) in [7, 11) is 0. The van der Waals surface area contributed by atoms with Crippen LogP contribution in [0.4, 0.5) is 0 Å². The van der Waals surface area contributed by atoms with Crippen LogP contribution in [0.5, 0.6) is 0 Å². The molecular formula is C18H19N5O2. The van der Waals surface area contributed by atoms with E-state index < -0.39 is 0 Å². The average Bonchev–Trinajstić information content (AvgIpc) is 3.05. The molecule has 1 saturated carbocycles. The molecule has 0 amide bonds. The van der Waals surface area contributed by atoms with Gasteiger partial charge in [0.2, 0.25) is 5.82 Å². The van der Waals surface area contributed by atoms with Gasteiger partial charge in [0.1, 0.15) is 6.10 Å². The highest BCUT2D eigenvalue weighted by Gasteiger charge is 2.35.